The number of non-ortho nitro benzene ring substituents is 1. The summed E-state index contributed by atoms with van der Waals surface area (Å²) in [6, 6.07) is 5.65. The van der Waals surface area contributed by atoms with Crippen LogP contribution in [0, 0.1) is 30.3 Å². The van der Waals surface area contributed by atoms with Gasteiger partial charge in [0.05, 0.1) is 39.2 Å². The molecule has 0 bridgehead atoms. The highest BCUT2D eigenvalue weighted by Crippen LogP contribution is 2.36. The van der Waals surface area contributed by atoms with Gasteiger partial charge in [-0.15, -0.1) is 0 Å². The second kappa shape index (κ2) is 9.32. The number of hydrogen-bond donors (Lipinski definition) is 1. The molecule has 1 atom stereocenters. The van der Waals surface area contributed by atoms with Crippen molar-refractivity contribution in [2.24, 2.45) is 0 Å². The molecule has 28 heavy (non-hydrogen) atoms. The van der Waals surface area contributed by atoms with Gasteiger partial charge in [-0.25, -0.2) is 0 Å². The van der Waals surface area contributed by atoms with Crippen molar-refractivity contribution in [2.45, 2.75) is 25.3 Å². The summed E-state index contributed by atoms with van der Waals surface area (Å²) < 4.78 is 0. The van der Waals surface area contributed by atoms with Crippen LogP contribution in [0.25, 0.3) is 0 Å². The maximum Gasteiger partial charge on any atom is 0.283 e. The van der Waals surface area contributed by atoms with Crippen LogP contribution in [0.2, 0.25) is 0 Å². The van der Waals surface area contributed by atoms with Gasteiger partial charge in [-0.1, -0.05) is 6.07 Å². The number of hydrogen-bond acceptors (Lipinski definition) is 8. The Kier molecular flexibility index (Phi) is 6.87. The van der Waals surface area contributed by atoms with Crippen LogP contribution in [0.3, 0.4) is 0 Å². The van der Waals surface area contributed by atoms with Crippen molar-refractivity contribution in [1.82, 2.24) is 4.98 Å². The Morgan fingerprint density at radius 3 is 2.07 bits per heavy atom. The maximum atomic E-state index is 11.1. The van der Waals surface area contributed by atoms with Crippen molar-refractivity contribution >= 4 is 17.1 Å². The molecule has 0 radical (unpaired) electrons. The van der Waals surface area contributed by atoms with E-state index in [0.717, 1.165) is 0 Å². The predicted molar refractivity (Wildman–Crippen MR) is 93.5 cm³/mol. The zero-order valence-electron chi connectivity index (χ0n) is 14.6. The van der Waals surface area contributed by atoms with E-state index >= 15 is 0 Å². The van der Waals surface area contributed by atoms with E-state index in [2.05, 4.69) is 16.4 Å². The summed E-state index contributed by atoms with van der Waals surface area (Å²) in [4.78, 5) is 31.7. The lowest BCUT2D eigenvalue weighted by atomic mass is 9.99. The molecular formula is C16H17N5O7. The van der Waals surface area contributed by atoms with Gasteiger partial charge in [-0.3, -0.25) is 35.3 Å². The first-order valence-corrected chi connectivity index (χ1v) is 8.32. The van der Waals surface area contributed by atoms with Gasteiger partial charge in [0.2, 0.25) is 0 Å². The number of nitro benzene ring substituents is 3. The van der Waals surface area contributed by atoms with Crippen LogP contribution in [0.4, 0.5) is 17.1 Å². The summed E-state index contributed by atoms with van der Waals surface area (Å²) in [6.07, 6.45) is 7.89. The Bertz CT molecular complexity index is 834. The molecule has 1 aromatic heterocycles. The number of quaternary nitrogens is 1. The largest absolute Gasteiger partial charge is 0.863 e. The van der Waals surface area contributed by atoms with E-state index in [4.69, 9.17) is 0 Å². The number of nitrogens with two attached hydrogens (primary N) is 1. The average Bonchev–Trinajstić information content (AvgIpc) is 2.69. The molecule has 1 aliphatic heterocycles. The first-order chi connectivity index (χ1) is 13.3. The molecule has 2 heterocycles. The lowest BCUT2D eigenvalue weighted by molar-refractivity contribution is -0.704. The van der Waals surface area contributed by atoms with E-state index < -0.39 is 37.6 Å². The van der Waals surface area contributed by atoms with E-state index in [0.29, 0.717) is 18.2 Å². The summed E-state index contributed by atoms with van der Waals surface area (Å²) in [7, 11) is 0. The number of rotatable bonds is 4. The minimum Gasteiger partial charge on any atom is -0.863 e. The molecule has 0 amide bonds. The fourth-order valence-electron chi connectivity index (χ4n) is 2.80. The minimum absolute atomic E-state index is 0.384. The molecule has 3 rings (SSSR count). The van der Waals surface area contributed by atoms with Crippen LogP contribution >= 0.6 is 0 Å². The van der Waals surface area contributed by atoms with Gasteiger partial charge in [-0.2, -0.15) is 0 Å². The molecule has 1 aromatic carbocycles. The fraction of sp³-hybridized carbons (Fsp3) is 0.312. The first-order valence-electron chi connectivity index (χ1n) is 8.32. The Morgan fingerprint density at radius 2 is 1.64 bits per heavy atom. The molecule has 0 aliphatic carbocycles. The standard InChI is InChI=1S/C10H14N2.C6H3N3O7/c1-2-7-12-10(5-1)9-4-3-6-11-8-9;10-6-4(8(13)14)1-3(7(11)12)2-5(6)9(15)16/h3-4,6,8,10,12H,1-2,5,7H2;1-2,10H. The average molecular weight is 391 g/mol. The summed E-state index contributed by atoms with van der Waals surface area (Å²) in [5.74, 6) is -1.46. The summed E-state index contributed by atoms with van der Waals surface area (Å²) in [5, 5.41) is 44.5. The Morgan fingerprint density at radius 1 is 1.00 bits per heavy atom. The molecule has 12 nitrogen and oxygen atoms in total. The van der Waals surface area contributed by atoms with Crippen molar-refractivity contribution < 1.29 is 25.2 Å². The quantitative estimate of drug-likeness (QED) is 0.598. The predicted octanol–water partition coefficient (Wildman–Crippen LogP) is 1.35. The molecule has 2 N–H and O–H groups in total. The van der Waals surface area contributed by atoms with Crippen molar-refractivity contribution in [3.8, 4) is 5.75 Å². The van der Waals surface area contributed by atoms with Crippen LogP contribution < -0.4 is 10.4 Å². The van der Waals surface area contributed by atoms with E-state index in [9.17, 15) is 35.4 Å². The smallest absolute Gasteiger partial charge is 0.283 e. The summed E-state index contributed by atoms with van der Waals surface area (Å²) in [5.41, 5.74) is -1.88. The first kappa shape index (κ1) is 20.6. The van der Waals surface area contributed by atoms with Crippen molar-refractivity contribution in [2.75, 3.05) is 6.54 Å². The second-order valence-corrected chi connectivity index (χ2v) is 6.00. The number of pyridine rings is 1. The number of nitrogens with zero attached hydrogens (tertiary/aromatic N) is 4. The highest BCUT2D eigenvalue weighted by Gasteiger charge is 2.24. The lowest BCUT2D eigenvalue weighted by Gasteiger charge is -2.19. The number of piperidine rings is 1. The third kappa shape index (κ3) is 5.17. The SMILES string of the molecule is O=[N+]([O-])c1cc([N+](=O)[O-])c([O-])c([N+](=O)[O-])c1.c1cncc(C2CCCC[NH2+]2)c1. The molecular weight excluding hydrogens is 374 g/mol. The van der Waals surface area contributed by atoms with Crippen molar-refractivity contribution in [3.05, 3.63) is 72.6 Å². The molecule has 12 heteroatoms. The van der Waals surface area contributed by atoms with Gasteiger partial charge in [0.1, 0.15) is 6.04 Å². The lowest BCUT2D eigenvalue weighted by Crippen LogP contribution is -2.86. The normalized spacial score (nSPS) is 15.8. The summed E-state index contributed by atoms with van der Waals surface area (Å²) in [6.45, 7) is 1.28. The van der Waals surface area contributed by atoms with Gasteiger partial charge in [0.15, 0.2) is 0 Å². The molecule has 2 aromatic rings. The highest BCUT2D eigenvalue weighted by atomic mass is 16.6. The topological polar surface area (TPSA) is 182 Å². The number of nitro groups is 3. The van der Waals surface area contributed by atoms with Crippen LogP contribution in [0.15, 0.2) is 36.7 Å². The van der Waals surface area contributed by atoms with Gasteiger partial charge in [-0.05, 0) is 18.9 Å². The fourth-order valence-corrected chi connectivity index (χ4v) is 2.80. The molecule has 1 aliphatic rings. The van der Waals surface area contributed by atoms with Gasteiger partial charge >= 0.3 is 0 Å². The number of aromatic nitrogens is 1. The third-order valence-electron chi connectivity index (χ3n) is 4.17. The molecule has 1 fully saturated rings. The Balaban J connectivity index is 0.000000207. The zero-order valence-corrected chi connectivity index (χ0v) is 14.6. The maximum absolute atomic E-state index is 11.1. The van der Waals surface area contributed by atoms with Crippen LogP contribution in [-0.2, 0) is 0 Å². The molecule has 1 saturated heterocycles. The van der Waals surface area contributed by atoms with Gasteiger partial charge in [0.25, 0.3) is 17.1 Å². The van der Waals surface area contributed by atoms with Crippen molar-refractivity contribution in [1.29, 1.82) is 0 Å². The van der Waals surface area contributed by atoms with E-state index in [1.807, 2.05) is 18.5 Å². The van der Waals surface area contributed by atoms with E-state index in [-0.39, 0.29) is 0 Å². The van der Waals surface area contributed by atoms with Gasteiger partial charge in [0, 0.05) is 24.4 Å². The summed E-state index contributed by atoms with van der Waals surface area (Å²) >= 11 is 0. The highest BCUT2D eigenvalue weighted by molar-refractivity contribution is 5.63. The molecule has 148 valence electrons. The third-order valence-corrected chi connectivity index (χ3v) is 4.17. The van der Waals surface area contributed by atoms with Crippen LogP contribution in [0.5, 0.6) is 5.75 Å². The minimum atomic E-state index is -1.46. The molecule has 0 saturated carbocycles. The van der Waals surface area contributed by atoms with Crippen LogP contribution in [-0.4, -0.2) is 26.3 Å². The molecule has 0 spiro atoms. The zero-order chi connectivity index (χ0) is 20.7. The van der Waals surface area contributed by atoms with Crippen molar-refractivity contribution in [3.63, 3.8) is 0 Å². The van der Waals surface area contributed by atoms with E-state index in [1.54, 1.807) is 0 Å². The Labute approximate surface area is 158 Å². The number of benzene rings is 1. The van der Waals surface area contributed by atoms with E-state index in [1.165, 1.54) is 31.4 Å². The van der Waals surface area contributed by atoms with Crippen LogP contribution in [0.1, 0.15) is 30.9 Å². The Hall–Kier alpha value is -3.67. The van der Waals surface area contributed by atoms with Gasteiger partial charge < -0.3 is 10.4 Å². The monoisotopic (exact) mass is 391 g/mol. The second-order valence-electron chi connectivity index (χ2n) is 6.00. The molecule has 1 unspecified atom stereocenters.